The zero-order valence-corrected chi connectivity index (χ0v) is 19.3. The van der Waals surface area contributed by atoms with Gasteiger partial charge in [-0.2, -0.15) is 0 Å². The molecule has 0 amide bonds. The van der Waals surface area contributed by atoms with Gasteiger partial charge in [0.05, 0.1) is 29.5 Å². The average Bonchev–Trinajstić information content (AvgIpc) is 2.79. The molecule has 0 aliphatic carbocycles. The average molecular weight is 445 g/mol. The van der Waals surface area contributed by atoms with E-state index < -0.39 is 0 Å². The standard InChI is InChI=1S/C26H24N2O3S/c1-16-9-11-18(3)20(13-16)23(29)15-32-26-27-21-8-6-5-7-19(21)25(30)28(26)22-14-17(2)10-12-24(22)31-4/h5-14H,15H2,1-4H3. The van der Waals surface area contributed by atoms with Crippen molar-refractivity contribution in [2.75, 3.05) is 12.9 Å². The number of carbonyl (C=O) groups excluding carboxylic acids is 1. The summed E-state index contributed by atoms with van der Waals surface area (Å²) in [5.74, 6) is 0.738. The second kappa shape index (κ2) is 9.01. The third-order valence-corrected chi connectivity index (χ3v) is 6.28. The molecule has 0 saturated heterocycles. The summed E-state index contributed by atoms with van der Waals surface area (Å²) >= 11 is 1.26. The van der Waals surface area contributed by atoms with Gasteiger partial charge in [-0.1, -0.05) is 47.7 Å². The van der Waals surface area contributed by atoms with Crippen LogP contribution < -0.4 is 10.3 Å². The number of methoxy groups -OCH3 is 1. The molecule has 32 heavy (non-hydrogen) atoms. The van der Waals surface area contributed by atoms with Gasteiger partial charge in [-0.3, -0.25) is 14.2 Å². The molecule has 0 atom stereocenters. The highest BCUT2D eigenvalue weighted by molar-refractivity contribution is 7.99. The SMILES string of the molecule is COc1ccc(C)cc1-n1c(SCC(=O)c2cc(C)ccc2C)nc2ccccc2c1=O. The Balaban J connectivity index is 1.83. The first-order valence-corrected chi connectivity index (χ1v) is 11.3. The van der Waals surface area contributed by atoms with Crippen molar-refractivity contribution in [3.63, 3.8) is 0 Å². The largest absolute Gasteiger partial charge is 0.495 e. The Morgan fingerprint density at radius 1 is 1.00 bits per heavy atom. The molecule has 4 aromatic rings. The van der Waals surface area contributed by atoms with E-state index in [4.69, 9.17) is 9.72 Å². The molecule has 3 aromatic carbocycles. The predicted molar refractivity (Wildman–Crippen MR) is 130 cm³/mol. The van der Waals surface area contributed by atoms with Crippen LogP contribution in [0.3, 0.4) is 0 Å². The topological polar surface area (TPSA) is 61.2 Å². The summed E-state index contributed by atoms with van der Waals surface area (Å²) in [7, 11) is 1.57. The first-order valence-electron chi connectivity index (χ1n) is 10.3. The minimum atomic E-state index is -0.193. The summed E-state index contributed by atoms with van der Waals surface area (Å²) in [6, 6.07) is 18.8. The van der Waals surface area contributed by atoms with Crippen molar-refractivity contribution in [1.29, 1.82) is 0 Å². The molecular formula is C26H24N2O3S. The van der Waals surface area contributed by atoms with E-state index in [0.29, 0.717) is 33.1 Å². The zero-order valence-electron chi connectivity index (χ0n) is 18.5. The highest BCUT2D eigenvalue weighted by atomic mass is 32.2. The van der Waals surface area contributed by atoms with E-state index in [1.807, 2.05) is 75.4 Å². The first-order chi connectivity index (χ1) is 15.4. The lowest BCUT2D eigenvalue weighted by molar-refractivity contribution is 0.102. The summed E-state index contributed by atoms with van der Waals surface area (Å²) in [5, 5.41) is 0.970. The maximum Gasteiger partial charge on any atom is 0.266 e. The molecule has 162 valence electrons. The number of benzene rings is 3. The fourth-order valence-electron chi connectivity index (χ4n) is 3.64. The van der Waals surface area contributed by atoms with Crippen molar-refractivity contribution < 1.29 is 9.53 Å². The van der Waals surface area contributed by atoms with Gasteiger partial charge in [0.15, 0.2) is 10.9 Å². The normalized spacial score (nSPS) is 11.0. The van der Waals surface area contributed by atoms with Gasteiger partial charge in [-0.15, -0.1) is 0 Å². The number of nitrogens with zero attached hydrogens (tertiary/aromatic N) is 2. The number of fused-ring (bicyclic) bond motifs is 1. The molecule has 1 aromatic heterocycles. The van der Waals surface area contributed by atoms with Gasteiger partial charge in [0.1, 0.15) is 5.75 Å². The number of ether oxygens (including phenoxy) is 1. The number of hydrogen-bond acceptors (Lipinski definition) is 5. The maximum absolute atomic E-state index is 13.5. The zero-order chi connectivity index (χ0) is 22.8. The van der Waals surface area contributed by atoms with E-state index in [1.54, 1.807) is 17.7 Å². The molecule has 0 saturated carbocycles. The molecule has 6 heteroatoms. The molecule has 0 radical (unpaired) electrons. The predicted octanol–water partition coefficient (Wildman–Crippen LogP) is 5.29. The number of aromatic nitrogens is 2. The number of hydrogen-bond donors (Lipinski definition) is 0. The van der Waals surface area contributed by atoms with Crippen LogP contribution in [0.25, 0.3) is 16.6 Å². The number of ketones is 1. The van der Waals surface area contributed by atoms with Crippen molar-refractivity contribution in [3.05, 3.63) is 93.3 Å². The Morgan fingerprint density at radius 2 is 1.72 bits per heavy atom. The Hall–Kier alpha value is -3.38. The van der Waals surface area contributed by atoms with E-state index >= 15 is 0 Å². The summed E-state index contributed by atoms with van der Waals surface area (Å²) in [6.07, 6.45) is 0. The van der Waals surface area contributed by atoms with E-state index in [1.165, 1.54) is 11.8 Å². The van der Waals surface area contributed by atoms with E-state index in [0.717, 1.165) is 16.7 Å². The Morgan fingerprint density at radius 3 is 2.50 bits per heavy atom. The summed E-state index contributed by atoms with van der Waals surface area (Å²) in [4.78, 5) is 31.3. The van der Waals surface area contributed by atoms with Crippen LogP contribution in [0, 0.1) is 20.8 Å². The van der Waals surface area contributed by atoms with Crippen LogP contribution in [-0.2, 0) is 0 Å². The van der Waals surface area contributed by atoms with Crippen LogP contribution in [0.15, 0.2) is 70.6 Å². The smallest absolute Gasteiger partial charge is 0.266 e. The minimum absolute atomic E-state index is 0.00126. The van der Waals surface area contributed by atoms with Gasteiger partial charge < -0.3 is 4.74 Å². The van der Waals surface area contributed by atoms with Crippen molar-refractivity contribution in [2.24, 2.45) is 0 Å². The fourth-order valence-corrected chi connectivity index (χ4v) is 4.53. The number of para-hydroxylation sites is 1. The molecule has 1 heterocycles. The fraction of sp³-hybridized carbons (Fsp3) is 0.192. The first kappa shape index (κ1) is 21.8. The van der Waals surface area contributed by atoms with Gasteiger partial charge in [0, 0.05) is 5.56 Å². The van der Waals surface area contributed by atoms with E-state index in [9.17, 15) is 9.59 Å². The van der Waals surface area contributed by atoms with Crippen LogP contribution in [0.5, 0.6) is 5.75 Å². The number of rotatable bonds is 6. The quantitative estimate of drug-likeness (QED) is 0.230. The van der Waals surface area contributed by atoms with Crippen molar-refractivity contribution in [1.82, 2.24) is 9.55 Å². The Kier molecular flexibility index (Phi) is 6.15. The maximum atomic E-state index is 13.5. The Bertz CT molecular complexity index is 1390. The molecule has 5 nitrogen and oxygen atoms in total. The van der Waals surface area contributed by atoms with Gasteiger partial charge in [0.2, 0.25) is 0 Å². The molecule has 4 rings (SSSR count). The Labute approximate surface area is 191 Å². The van der Waals surface area contributed by atoms with Crippen LogP contribution in [-0.4, -0.2) is 28.2 Å². The molecule has 0 bridgehead atoms. The minimum Gasteiger partial charge on any atom is -0.495 e. The second-order valence-electron chi connectivity index (χ2n) is 7.76. The van der Waals surface area contributed by atoms with Crippen molar-refractivity contribution >= 4 is 28.4 Å². The van der Waals surface area contributed by atoms with Crippen molar-refractivity contribution in [2.45, 2.75) is 25.9 Å². The van der Waals surface area contributed by atoms with Crippen molar-refractivity contribution in [3.8, 4) is 11.4 Å². The molecular weight excluding hydrogens is 420 g/mol. The lowest BCUT2D eigenvalue weighted by atomic mass is 10.0. The summed E-state index contributed by atoms with van der Waals surface area (Å²) in [5.41, 5.74) is 4.67. The van der Waals surface area contributed by atoms with Crippen LogP contribution in [0.1, 0.15) is 27.0 Å². The molecule has 0 fully saturated rings. The number of carbonyl (C=O) groups is 1. The molecule has 0 N–H and O–H groups in total. The molecule has 0 aliphatic heterocycles. The number of thioether (sulfide) groups is 1. The lowest BCUT2D eigenvalue weighted by Crippen LogP contribution is -2.23. The lowest BCUT2D eigenvalue weighted by Gasteiger charge is -2.16. The summed E-state index contributed by atoms with van der Waals surface area (Å²) in [6.45, 7) is 5.86. The van der Waals surface area contributed by atoms with Gasteiger partial charge >= 0.3 is 0 Å². The van der Waals surface area contributed by atoms with Crippen LogP contribution in [0.2, 0.25) is 0 Å². The number of aryl methyl sites for hydroxylation is 3. The van der Waals surface area contributed by atoms with E-state index in [-0.39, 0.29) is 17.1 Å². The number of Topliss-reactive ketones (excluding diaryl/α,β-unsaturated/α-hetero) is 1. The van der Waals surface area contributed by atoms with Gasteiger partial charge in [0.25, 0.3) is 5.56 Å². The monoisotopic (exact) mass is 444 g/mol. The highest BCUT2D eigenvalue weighted by Crippen LogP contribution is 2.29. The summed E-state index contributed by atoms with van der Waals surface area (Å²) < 4.78 is 7.09. The third kappa shape index (κ3) is 4.18. The second-order valence-corrected chi connectivity index (χ2v) is 8.70. The van der Waals surface area contributed by atoms with E-state index in [2.05, 4.69) is 0 Å². The van der Waals surface area contributed by atoms with Gasteiger partial charge in [-0.25, -0.2) is 4.98 Å². The molecule has 0 aliphatic rings. The molecule has 0 spiro atoms. The third-order valence-electron chi connectivity index (χ3n) is 5.35. The van der Waals surface area contributed by atoms with Crippen LogP contribution in [0.4, 0.5) is 0 Å². The van der Waals surface area contributed by atoms with Crippen LogP contribution >= 0.6 is 11.8 Å². The van der Waals surface area contributed by atoms with Gasteiger partial charge in [-0.05, 0) is 62.2 Å². The highest BCUT2D eigenvalue weighted by Gasteiger charge is 2.18. The molecule has 0 unspecified atom stereocenters.